The van der Waals surface area contributed by atoms with Crippen molar-refractivity contribution >= 4 is 15.6 Å². The van der Waals surface area contributed by atoms with Gasteiger partial charge >= 0.3 is 0 Å². The van der Waals surface area contributed by atoms with E-state index in [0.717, 1.165) is 6.26 Å². The normalized spacial score (nSPS) is 11.4. The maximum absolute atomic E-state index is 11.9. The summed E-state index contributed by atoms with van der Waals surface area (Å²) in [7, 11) is -3.30. The van der Waals surface area contributed by atoms with Crippen molar-refractivity contribution < 1.29 is 13.2 Å². The Kier molecular flexibility index (Phi) is 3.29. The molecule has 1 aromatic carbocycles. The Balaban J connectivity index is 2.26. The van der Waals surface area contributed by atoms with Crippen LogP contribution in [0.25, 0.3) is 0 Å². The van der Waals surface area contributed by atoms with Crippen LogP contribution in [-0.4, -0.2) is 30.4 Å². The SMILES string of the molecule is CS(=O)(=O)c1cccc(C(=O)Cc2ncc[nH]2)c1. The zero-order valence-corrected chi connectivity index (χ0v) is 10.6. The molecule has 0 spiro atoms. The highest BCUT2D eigenvalue weighted by atomic mass is 32.2. The van der Waals surface area contributed by atoms with E-state index in [2.05, 4.69) is 9.97 Å². The number of ketones is 1. The number of rotatable bonds is 4. The molecule has 0 atom stereocenters. The maximum Gasteiger partial charge on any atom is 0.175 e. The number of imidazole rings is 1. The summed E-state index contributed by atoms with van der Waals surface area (Å²) in [6.45, 7) is 0. The molecule has 2 aromatic rings. The predicted octanol–water partition coefficient (Wildman–Crippen LogP) is 1.24. The van der Waals surface area contributed by atoms with Crippen LogP contribution >= 0.6 is 0 Å². The Morgan fingerprint density at radius 1 is 1.39 bits per heavy atom. The van der Waals surface area contributed by atoms with E-state index in [0.29, 0.717) is 11.4 Å². The van der Waals surface area contributed by atoms with Gasteiger partial charge in [-0.25, -0.2) is 13.4 Å². The van der Waals surface area contributed by atoms with Crippen molar-refractivity contribution in [2.45, 2.75) is 11.3 Å². The minimum atomic E-state index is -3.30. The van der Waals surface area contributed by atoms with Crippen molar-refractivity contribution in [2.24, 2.45) is 0 Å². The molecule has 0 fully saturated rings. The first kappa shape index (κ1) is 12.5. The van der Waals surface area contributed by atoms with Gasteiger partial charge in [-0.15, -0.1) is 0 Å². The van der Waals surface area contributed by atoms with Gasteiger partial charge in [0, 0.05) is 24.2 Å². The fourth-order valence-corrected chi connectivity index (χ4v) is 2.22. The van der Waals surface area contributed by atoms with Crippen LogP contribution in [0.1, 0.15) is 16.2 Å². The van der Waals surface area contributed by atoms with Gasteiger partial charge in [0.25, 0.3) is 0 Å². The Morgan fingerprint density at radius 3 is 2.78 bits per heavy atom. The fourth-order valence-electron chi connectivity index (χ4n) is 1.55. The molecule has 0 amide bonds. The lowest BCUT2D eigenvalue weighted by atomic mass is 10.1. The molecule has 6 heteroatoms. The van der Waals surface area contributed by atoms with Crippen molar-refractivity contribution in [3.63, 3.8) is 0 Å². The average molecular weight is 264 g/mol. The summed E-state index contributed by atoms with van der Waals surface area (Å²) < 4.78 is 22.8. The number of hydrogen-bond acceptors (Lipinski definition) is 4. The van der Waals surface area contributed by atoms with Gasteiger partial charge < -0.3 is 4.98 Å². The van der Waals surface area contributed by atoms with E-state index in [1.54, 1.807) is 24.5 Å². The zero-order chi connectivity index (χ0) is 13.2. The number of nitrogens with one attached hydrogen (secondary N) is 1. The average Bonchev–Trinajstić information content (AvgIpc) is 2.81. The van der Waals surface area contributed by atoms with Gasteiger partial charge in [0.15, 0.2) is 15.6 Å². The van der Waals surface area contributed by atoms with Crippen LogP contribution in [0.5, 0.6) is 0 Å². The highest BCUT2D eigenvalue weighted by Crippen LogP contribution is 2.13. The summed E-state index contributed by atoms with van der Waals surface area (Å²) in [6, 6.07) is 6.02. The number of carbonyl (C=O) groups is 1. The summed E-state index contributed by atoms with van der Waals surface area (Å²) in [4.78, 5) is 18.9. The van der Waals surface area contributed by atoms with Crippen molar-refractivity contribution in [1.82, 2.24) is 9.97 Å². The van der Waals surface area contributed by atoms with Gasteiger partial charge in [-0.05, 0) is 12.1 Å². The van der Waals surface area contributed by atoms with Gasteiger partial charge in [0.05, 0.1) is 11.3 Å². The summed E-state index contributed by atoms with van der Waals surface area (Å²) in [6.07, 6.45) is 4.44. The van der Waals surface area contributed by atoms with Gasteiger partial charge in [-0.2, -0.15) is 0 Å². The van der Waals surface area contributed by atoms with Crippen LogP contribution in [0, 0.1) is 0 Å². The Bertz CT molecular complexity index is 660. The summed E-state index contributed by atoms with van der Waals surface area (Å²) in [5.74, 6) is 0.389. The molecule has 0 radical (unpaired) electrons. The lowest BCUT2D eigenvalue weighted by molar-refractivity contribution is 0.0991. The standard InChI is InChI=1S/C12H12N2O3S/c1-18(16,17)10-4-2-3-9(7-10)11(15)8-12-13-5-6-14-12/h2-7H,8H2,1H3,(H,13,14). The molecule has 2 rings (SSSR count). The zero-order valence-electron chi connectivity index (χ0n) is 9.75. The number of Topliss-reactive ketones (excluding diaryl/α,β-unsaturated/α-hetero) is 1. The van der Waals surface area contributed by atoms with Gasteiger partial charge in [0.2, 0.25) is 0 Å². The second kappa shape index (κ2) is 4.73. The minimum Gasteiger partial charge on any atom is -0.348 e. The number of carbonyl (C=O) groups excluding carboxylic acids is 1. The third-order valence-corrected chi connectivity index (χ3v) is 3.58. The molecule has 0 aliphatic rings. The molecule has 0 saturated carbocycles. The third-order valence-electron chi connectivity index (χ3n) is 2.47. The first-order valence-electron chi connectivity index (χ1n) is 5.28. The lowest BCUT2D eigenvalue weighted by Crippen LogP contribution is -2.06. The van der Waals surface area contributed by atoms with E-state index in [1.165, 1.54) is 12.1 Å². The second-order valence-corrected chi connectivity index (χ2v) is 5.95. The minimum absolute atomic E-state index is 0.125. The summed E-state index contributed by atoms with van der Waals surface area (Å²) >= 11 is 0. The number of H-pyrrole nitrogens is 1. The van der Waals surface area contributed by atoms with E-state index in [-0.39, 0.29) is 17.1 Å². The number of aromatic amines is 1. The third kappa shape index (κ3) is 2.84. The Hall–Kier alpha value is -1.95. The van der Waals surface area contributed by atoms with Gasteiger partial charge in [-0.3, -0.25) is 4.79 Å². The van der Waals surface area contributed by atoms with Crippen LogP contribution in [-0.2, 0) is 16.3 Å². The highest BCUT2D eigenvalue weighted by Gasteiger charge is 2.12. The van der Waals surface area contributed by atoms with Crippen molar-refractivity contribution in [1.29, 1.82) is 0 Å². The molecule has 18 heavy (non-hydrogen) atoms. The molecule has 0 saturated heterocycles. The van der Waals surface area contributed by atoms with Crippen LogP contribution < -0.4 is 0 Å². The monoisotopic (exact) mass is 264 g/mol. The first-order valence-corrected chi connectivity index (χ1v) is 7.17. The molecule has 0 unspecified atom stereocenters. The van der Waals surface area contributed by atoms with E-state index in [9.17, 15) is 13.2 Å². The molecule has 0 aliphatic carbocycles. The molecule has 1 N–H and O–H groups in total. The Labute approximate surface area is 105 Å². The van der Waals surface area contributed by atoms with E-state index < -0.39 is 9.84 Å². The number of benzene rings is 1. The fraction of sp³-hybridized carbons (Fsp3) is 0.167. The number of sulfone groups is 1. The quantitative estimate of drug-likeness (QED) is 0.842. The molecular weight excluding hydrogens is 252 g/mol. The maximum atomic E-state index is 11.9. The summed E-state index contributed by atoms with van der Waals surface area (Å²) in [5, 5.41) is 0. The topological polar surface area (TPSA) is 79.9 Å². The molecule has 0 bridgehead atoms. The predicted molar refractivity (Wildman–Crippen MR) is 66.2 cm³/mol. The van der Waals surface area contributed by atoms with Crippen molar-refractivity contribution in [2.75, 3.05) is 6.26 Å². The second-order valence-electron chi connectivity index (χ2n) is 3.94. The van der Waals surface area contributed by atoms with Crippen LogP contribution in [0.2, 0.25) is 0 Å². The molecule has 1 heterocycles. The molecule has 0 aliphatic heterocycles. The Morgan fingerprint density at radius 2 is 2.17 bits per heavy atom. The summed E-state index contributed by atoms with van der Waals surface area (Å²) in [5.41, 5.74) is 0.370. The van der Waals surface area contributed by atoms with Gasteiger partial charge in [0.1, 0.15) is 5.82 Å². The molecular formula is C12H12N2O3S. The molecule has 94 valence electrons. The molecule has 5 nitrogen and oxygen atoms in total. The van der Waals surface area contributed by atoms with E-state index in [1.807, 2.05) is 0 Å². The molecule has 1 aromatic heterocycles. The van der Waals surface area contributed by atoms with Crippen LogP contribution in [0.3, 0.4) is 0 Å². The smallest absolute Gasteiger partial charge is 0.175 e. The first-order chi connectivity index (χ1) is 8.47. The van der Waals surface area contributed by atoms with Crippen LogP contribution in [0.4, 0.5) is 0 Å². The van der Waals surface area contributed by atoms with E-state index in [4.69, 9.17) is 0 Å². The lowest BCUT2D eigenvalue weighted by Gasteiger charge is -2.02. The number of aromatic nitrogens is 2. The number of nitrogens with zero attached hydrogens (tertiary/aromatic N) is 1. The largest absolute Gasteiger partial charge is 0.348 e. The van der Waals surface area contributed by atoms with Crippen molar-refractivity contribution in [3.8, 4) is 0 Å². The van der Waals surface area contributed by atoms with E-state index >= 15 is 0 Å². The highest BCUT2D eigenvalue weighted by molar-refractivity contribution is 7.90. The van der Waals surface area contributed by atoms with Crippen LogP contribution in [0.15, 0.2) is 41.6 Å². The van der Waals surface area contributed by atoms with Crippen molar-refractivity contribution in [3.05, 3.63) is 48.0 Å². The van der Waals surface area contributed by atoms with Gasteiger partial charge in [-0.1, -0.05) is 12.1 Å². The number of hydrogen-bond donors (Lipinski definition) is 1.